The summed E-state index contributed by atoms with van der Waals surface area (Å²) >= 11 is 0. The van der Waals surface area contributed by atoms with Crippen LogP contribution < -0.4 is 15.4 Å². The van der Waals surface area contributed by atoms with Crippen molar-refractivity contribution in [1.29, 1.82) is 0 Å². The van der Waals surface area contributed by atoms with Gasteiger partial charge in [0.05, 0.1) is 32.2 Å². The molecule has 1 aromatic heterocycles. The van der Waals surface area contributed by atoms with Crippen LogP contribution in [0, 0.1) is 0 Å². The van der Waals surface area contributed by atoms with Crippen molar-refractivity contribution < 1.29 is 28.6 Å². The van der Waals surface area contributed by atoms with Crippen LogP contribution in [0.5, 0.6) is 5.75 Å². The van der Waals surface area contributed by atoms with E-state index in [1.807, 2.05) is 0 Å². The average Bonchev–Trinajstić information content (AvgIpc) is 3.28. The molecule has 0 radical (unpaired) electrons. The Balaban J connectivity index is 1.75. The topological polar surface area (TPSA) is 121 Å². The van der Waals surface area contributed by atoms with Crippen molar-refractivity contribution in [3.63, 3.8) is 0 Å². The number of hydrogen-bond acceptors (Lipinski definition) is 7. The Morgan fingerprint density at radius 2 is 2.11 bits per heavy atom. The highest BCUT2D eigenvalue weighted by molar-refractivity contribution is 6.17. The van der Waals surface area contributed by atoms with E-state index in [0.29, 0.717) is 17.1 Å². The second-order valence-electron chi connectivity index (χ2n) is 5.55. The summed E-state index contributed by atoms with van der Waals surface area (Å²) in [5, 5.41) is 14.4. The molecule has 0 spiro atoms. The van der Waals surface area contributed by atoms with Crippen LogP contribution in [-0.4, -0.2) is 48.0 Å². The first-order chi connectivity index (χ1) is 13.0. The van der Waals surface area contributed by atoms with E-state index in [9.17, 15) is 14.4 Å². The molecule has 3 amide bonds. The van der Waals surface area contributed by atoms with Gasteiger partial charge in [0, 0.05) is 17.8 Å². The fourth-order valence-corrected chi connectivity index (χ4v) is 2.53. The number of aliphatic hydroxyl groups is 1. The highest BCUT2D eigenvalue weighted by Gasteiger charge is 2.30. The van der Waals surface area contributed by atoms with Gasteiger partial charge in [-0.2, -0.15) is 0 Å². The molecule has 0 saturated carbocycles. The zero-order valence-corrected chi connectivity index (χ0v) is 14.4. The number of imide groups is 1. The maximum absolute atomic E-state index is 12.2. The summed E-state index contributed by atoms with van der Waals surface area (Å²) in [7, 11) is 1.44. The number of benzene rings is 1. The van der Waals surface area contributed by atoms with E-state index in [1.54, 1.807) is 24.3 Å². The molecule has 27 heavy (non-hydrogen) atoms. The maximum Gasteiger partial charge on any atom is 0.291 e. The number of furan rings is 1. The van der Waals surface area contributed by atoms with Crippen LogP contribution in [0.15, 0.2) is 52.8 Å². The van der Waals surface area contributed by atoms with Gasteiger partial charge in [-0.3, -0.25) is 19.3 Å². The van der Waals surface area contributed by atoms with E-state index in [-0.39, 0.29) is 24.6 Å². The fourth-order valence-electron chi connectivity index (χ4n) is 2.53. The van der Waals surface area contributed by atoms with Gasteiger partial charge in [0.15, 0.2) is 5.76 Å². The molecule has 0 unspecified atom stereocenters. The second-order valence-corrected chi connectivity index (χ2v) is 5.55. The lowest BCUT2D eigenvalue weighted by Gasteiger charge is -2.15. The second kappa shape index (κ2) is 7.75. The minimum absolute atomic E-state index is 0.0690. The van der Waals surface area contributed by atoms with Crippen LogP contribution in [0.4, 0.5) is 11.4 Å². The Labute approximate surface area is 154 Å². The first-order valence-corrected chi connectivity index (χ1v) is 8.01. The van der Waals surface area contributed by atoms with Crippen LogP contribution in [0.1, 0.15) is 10.6 Å². The lowest BCUT2D eigenvalue weighted by Crippen LogP contribution is -2.34. The SMILES string of the molecule is COc1cc(NC2=CC(=O)N(CCO)C2=O)ccc1NC(=O)c1ccco1. The summed E-state index contributed by atoms with van der Waals surface area (Å²) in [5.41, 5.74) is 0.984. The zero-order chi connectivity index (χ0) is 19.4. The number of β-amino-alcohol motifs (C(OH)–C–C–N with tert-alkyl or cyclic N) is 1. The molecule has 0 saturated heterocycles. The summed E-state index contributed by atoms with van der Waals surface area (Å²) in [6, 6.07) is 7.92. The fraction of sp³-hybridized carbons (Fsp3) is 0.167. The smallest absolute Gasteiger partial charge is 0.291 e. The van der Waals surface area contributed by atoms with Gasteiger partial charge in [-0.1, -0.05) is 0 Å². The molecule has 9 heteroatoms. The first kappa shape index (κ1) is 18.2. The summed E-state index contributed by atoms with van der Waals surface area (Å²) < 4.78 is 10.3. The number of ether oxygens (including phenoxy) is 1. The number of carbonyl (C=O) groups excluding carboxylic acids is 3. The molecule has 0 fully saturated rings. The highest BCUT2D eigenvalue weighted by Crippen LogP contribution is 2.29. The van der Waals surface area contributed by atoms with Gasteiger partial charge in [-0.05, 0) is 24.3 Å². The van der Waals surface area contributed by atoms with E-state index in [4.69, 9.17) is 14.3 Å². The lowest BCUT2D eigenvalue weighted by molar-refractivity contribution is -0.137. The molecule has 9 nitrogen and oxygen atoms in total. The van der Waals surface area contributed by atoms with Gasteiger partial charge < -0.3 is 24.9 Å². The molecule has 0 bridgehead atoms. The average molecular weight is 371 g/mol. The number of nitrogens with zero attached hydrogens (tertiary/aromatic N) is 1. The van der Waals surface area contributed by atoms with E-state index >= 15 is 0 Å². The quantitative estimate of drug-likeness (QED) is 0.625. The summed E-state index contributed by atoms with van der Waals surface area (Å²) in [5.74, 6) is -0.945. The summed E-state index contributed by atoms with van der Waals surface area (Å²) in [6.45, 7) is -0.378. The van der Waals surface area contributed by atoms with Gasteiger partial charge in [0.25, 0.3) is 17.7 Å². The molecule has 2 aromatic rings. The highest BCUT2D eigenvalue weighted by atomic mass is 16.5. The standard InChI is InChI=1S/C18H17N3O6/c1-26-15-9-11(19-13-10-16(23)21(6-7-22)18(13)25)4-5-12(15)20-17(24)14-3-2-8-27-14/h2-5,8-10,19,22H,6-7H2,1H3,(H,20,24). The number of aliphatic hydroxyl groups excluding tert-OH is 1. The normalized spacial score (nSPS) is 13.6. The van der Waals surface area contributed by atoms with E-state index in [0.717, 1.165) is 11.0 Å². The van der Waals surface area contributed by atoms with E-state index < -0.39 is 17.7 Å². The number of hydrogen-bond donors (Lipinski definition) is 3. The van der Waals surface area contributed by atoms with Gasteiger partial charge in [0.2, 0.25) is 0 Å². The minimum Gasteiger partial charge on any atom is -0.494 e. The maximum atomic E-state index is 12.2. The van der Waals surface area contributed by atoms with E-state index in [1.165, 1.54) is 19.4 Å². The van der Waals surface area contributed by atoms with Crippen molar-refractivity contribution in [2.45, 2.75) is 0 Å². The lowest BCUT2D eigenvalue weighted by atomic mass is 10.2. The predicted molar refractivity (Wildman–Crippen MR) is 95.2 cm³/mol. The van der Waals surface area contributed by atoms with Crippen molar-refractivity contribution in [1.82, 2.24) is 4.90 Å². The molecule has 1 aliphatic heterocycles. The Morgan fingerprint density at radius 3 is 2.78 bits per heavy atom. The minimum atomic E-state index is -0.525. The third-order valence-corrected chi connectivity index (χ3v) is 3.81. The Bertz CT molecular complexity index is 904. The summed E-state index contributed by atoms with van der Waals surface area (Å²) in [6.07, 6.45) is 2.56. The van der Waals surface area contributed by atoms with Crippen molar-refractivity contribution in [2.75, 3.05) is 30.9 Å². The largest absolute Gasteiger partial charge is 0.494 e. The van der Waals surface area contributed by atoms with Crippen LogP contribution >= 0.6 is 0 Å². The van der Waals surface area contributed by atoms with Gasteiger partial charge in [-0.25, -0.2) is 0 Å². The van der Waals surface area contributed by atoms with Crippen LogP contribution in [0.2, 0.25) is 0 Å². The van der Waals surface area contributed by atoms with Crippen LogP contribution in [0.3, 0.4) is 0 Å². The third kappa shape index (κ3) is 3.82. The predicted octanol–water partition coefficient (Wildman–Crippen LogP) is 1.20. The third-order valence-electron chi connectivity index (χ3n) is 3.81. The van der Waals surface area contributed by atoms with Crippen molar-refractivity contribution in [3.8, 4) is 5.75 Å². The van der Waals surface area contributed by atoms with Crippen molar-refractivity contribution in [3.05, 3.63) is 54.1 Å². The molecule has 0 atom stereocenters. The van der Waals surface area contributed by atoms with E-state index in [2.05, 4.69) is 10.6 Å². The number of carbonyl (C=O) groups is 3. The Hall–Kier alpha value is -3.59. The van der Waals surface area contributed by atoms with Crippen molar-refractivity contribution in [2.24, 2.45) is 0 Å². The number of anilines is 2. The van der Waals surface area contributed by atoms with Gasteiger partial charge in [0.1, 0.15) is 11.4 Å². The van der Waals surface area contributed by atoms with Crippen LogP contribution in [-0.2, 0) is 9.59 Å². The Morgan fingerprint density at radius 1 is 1.30 bits per heavy atom. The molecule has 2 heterocycles. The number of methoxy groups -OCH3 is 1. The Kier molecular flexibility index (Phi) is 5.23. The molecular weight excluding hydrogens is 354 g/mol. The molecule has 1 aromatic carbocycles. The first-order valence-electron chi connectivity index (χ1n) is 8.01. The molecule has 3 N–H and O–H groups in total. The van der Waals surface area contributed by atoms with Crippen LogP contribution in [0.25, 0.3) is 0 Å². The molecular formula is C18H17N3O6. The molecule has 3 rings (SSSR count). The number of nitrogens with one attached hydrogen (secondary N) is 2. The molecule has 140 valence electrons. The number of rotatable bonds is 7. The monoisotopic (exact) mass is 371 g/mol. The number of amides is 3. The molecule has 0 aliphatic carbocycles. The summed E-state index contributed by atoms with van der Waals surface area (Å²) in [4.78, 5) is 37.0. The zero-order valence-electron chi connectivity index (χ0n) is 14.4. The molecule has 1 aliphatic rings. The van der Waals surface area contributed by atoms with Crippen molar-refractivity contribution >= 4 is 29.1 Å². The van der Waals surface area contributed by atoms with Gasteiger partial charge in [-0.15, -0.1) is 0 Å². The van der Waals surface area contributed by atoms with Gasteiger partial charge >= 0.3 is 0 Å².